The number of rotatable bonds is 3. The molecule has 0 spiro atoms. The number of fused-ring (bicyclic) bond motifs is 2. The normalized spacial score (nSPS) is 11.7. The molecule has 0 saturated carbocycles. The van der Waals surface area contributed by atoms with Crippen LogP contribution in [0.3, 0.4) is 0 Å². The maximum absolute atomic E-state index is 12.6. The lowest BCUT2D eigenvalue weighted by molar-refractivity contribution is 0.104. The quantitative estimate of drug-likeness (QED) is 0.332. The number of oxazole rings is 2. The van der Waals surface area contributed by atoms with E-state index in [1.165, 1.54) is 24.3 Å². The molecule has 126 valence electrons. The first-order valence-electron chi connectivity index (χ1n) is 7.46. The molecular formula is C18H9N3O5. The molecule has 0 unspecified atom stereocenters. The highest BCUT2D eigenvalue weighted by Crippen LogP contribution is 2.19. The minimum atomic E-state index is -0.623. The summed E-state index contributed by atoms with van der Waals surface area (Å²) < 4.78 is 9.90. The van der Waals surface area contributed by atoms with Gasteiger partial charge in [-0.1, -0.05) is 6.07 Å². The van der Waals surface area contributed by atoms with Crippen molar-refractivity contribution in [1.29, 1.82) is 5.26 Å². The molecule has 2 aromatic heterocycles. The number of hydrogen-bond acceptors (Lipinski definition) is 6. The Morgan fingerprint density at radius 1 is 0.962 bits per heavy atom. The van der Waals surface area contributed by atoms with Crippen molar-refractivity contribution in [2.75, 3.05) is 0 Å². The molecule has 4 rings (SSSR count). The molecule has 0 amide bonds. The molecule has 0 bridgehead atoms. The molecule has 0 aliphatic heterocycles. The van der Waals surface area contributed by atoms with Gasteiger partial charge in [-0.05, 0) is 42.0 Å². The van der Waals surface area contributed by atoms with Crippen LogP contribution in [0.2, 0.25) is 0 Å². The van der Waals surface area contributed by atoms with Crippen LogP contribution in [0.25, 0.3) is 28.3 Å². The van der Waals surface area contributed by atoms with Gasteiger partial charge in [0.15, 0.2) is 11.2 Å². The molecule has 0 atom stereocenters. The van der Waals surface area contributed by atoms with E-state index in [4.69, 9.17) is 8.83 Å². The Bertz CT molecular complexity index is 1360. The molecular weight excluding hydrogens is 338 g/mol. The Balaban J connectivity index is 1.75. The highest BCUT2D eigenvalue weighted by Gasteiger charge is 2.14. The maximum atomic E-state index is 12.6. The fraction of sp³-hybridized carbons (Fsp3) is 0. The number of aromatic amines is 2. The van der Waals surface area contributed by atoms with E-state index < -0.39 is 17.3 Å². The van der Waals surface area contributed by atoms with E-state index in [0.717, 1.165) is 0 Å². The van der Waals surface area contributed by atoms with Gasteiger partial charge in [0.05, 0.1) is 11.0 Å². The van der Waals surface area contributed by atoms with Crippen molar-refractivity contribution in [2.24, 2.45) is 0 Å². The number of allylic oxidation sites excluding steroid dienone is 1. The molecule has 0 radical (unpaired) electrons. The number of H-pyrrole nitrogens is 2. The summed E-state index contributed by atoms with van der Waals surface area (Å²) in [6.07, 6.45) is 1.40. The van der Waals surface area contributed by atoms with Crippen molar-refractivity contribution in [3.8, 4) is 6.07 Å². The summed E-state index contributed by atoms with van der Waals surface area (Å²) in [6, 6.07) is 11.1. The number of carbonyl (C=O) groups is 1. The number of ketones is 1. The second-order valence-electron chi connectivity index (χ2n) is 5.49. The largest absolute Gasteiger partial charge is 0.417 e. The molecule has 4 aromatic rings. The Hall–Kier alpha value is -4.12. The molecule has 0 aliphatic carbocycles. The van der Waals surface area contributed by atoms with Crippen LogP contribution in [-0.4, -0.2) is 15.8 Å². The zero-order chi connectivity index (χ0) is 18.3. The first-order valence-corrected chi connectivity index (χ1v) is 7.46. The third kappa shape index (κ3) is 2.63. The van der Waals surface area contributed by atoms with E-state index in [-0.39, 0.29) is 16.7 Å². The minimum Gasteiger partial charge on any atom is -0.408 e. The lowest BCUT2D eigenvalue weighted by atomic mass is 10.0. The standard InChI is InChI=1S/C18H9N3O5/c19-8-11(5-9-1-3-12-14(6-9)25-17(23)20-12)16(22)10-2-4-13-15(7-10)26-18(24)21-13/h1-7H,(H,20,23)(H,21,24). The van der Waals surface area contributed by atoms with Crippen LogP contribution in [0.1, 0.15) is 15.9 Å². The predicted molar refractivity (Wildman–Crippen MR) is 91.6 cm³/mol. The number of benzene rings is 2. The van der Waals surface area contributed by atoms with Crippen LogP contribution in [0, 0.1) is 11.3 Å². The highest BCUT2D eigenvalue weighted by atomic mass is 16.4. The molecule has 8 heteroatoms. The molecule has 0 saturated heterocycles. The van der Waals surface area contributed by atoms with Crippen LogP contribution >= 0.6 is 0 Å². The van der Waals surface area contributed by atoms with Gasteiger partial charge in [0.25, 0.3) is 0 Å². The van der Waals surface area contributed by atoms with Crippen LogP contribution in [-0.2, 0) is 0 Å². The summed E-state index contributed by atoms with van der Waals surface area (Å²) in [5.41, 5.74) is 2.16. The monoisotopic (exact) mass is 347 g/mol. The van der Waals surface area contributed by atoms with Crippen molar-refractivity contribution in [2.45, 2.75) is 0 Å². The molecule has 2 N–H and O–H groups in total. The summed E-state index contributed by atoms with van der Waals surface area (Å²) in [5.74, 6) is -1.73. The second-order valence-corrected chi connectivity index (χ2v) is 5.49. The fourth-order valence-electron chi connectivity index (χ4n) is 2.61. The van der Waals surface area contributed by atoms with Gasteiger partial charge in [0.2, 0.25) is 5.78 Å². The first kappa shape index (κ1) is 15.4. The van der Waals surface area contributed by atoms with E-state index in [0.29, 0.717) is 22.2 Å². The van der Waals surface area contributed by atoms with Gasteiger partial charge in [-0.3, -0.25) is 14.8 Å². The summed E-state index contributed by atoms with van der Waals surface area (Å²) in [7, 11) is 0. The van der Waals surface area contributed by atoms with Crippen molar-refractivity contribution in [3.63, 3.8) is 0 Å². The van der Waals surface area contributed by atoms with E-state index in [1.807, 2.05) is 6.07 Å². The number of aromatic nitrogens is 2. The molecule has 2 aromatic carbocycles. The van der Waals surface area contributed by atoms with Gasteiger partial charge >= 0.3 is 11.5 Å². The zero-order valence-corrected chi connectivity index (χ0v) is 13.0. The topological polar surface area (TPSA) is 133 Å². The van der Waals surface area contributed by atoms with E-state index in [9.17, 15) is 19.6 Å². The van der Waals surface area contributed by atoms with E-state index >= 15 is 0 Å². The van der Waals surface area contributed by atoms with Gasteiger partial charge in [-0.15, -0.1) is 0 Å². The summed E-state index contributed by atoms with van der Waals surface area (Å²) >= 11 is 0. The van der Waals surface area contributed by atoms with Crippen molar-refractivity contribution >= 4 is 34.1 Å². The SMILES string of the molecule is N#CC(=Cc1ccc2[nH]c(=O)oc2c1)C(=O)c1ccc2[nH]c(=O)oc2c1. The minimum absolute atomic E-state index is 0.112. The summed E-state index contributed by atoms with van der Waals surface area (Å²) in [5, 5.41) is 9.36. The van der Waals surface area contributed by atoms with Crippen molar-refractivity contribution in [3.05, 3.63) is 74.2 Å². The van der Waals surface area contributed by atoms with Crippen molar-refractivity contribution < 1.29 is 13.6 Å². The number of carbonyl (C=O) groups excluding carboxylic acids is 1. The Morgan fingerprint density at radius 3 is 2.23 bits per heavy atom. The zero-order valence-electron chi connectivity index (χ0n) is 13.0. The fourth-order valence-corrected chi connectivity index (χ4v) is 2.61. The van der Waals surface area contributed by atoms with Gasteiger partial charge in [0.1, 0.15) is 11.6 Å². The first-order chi connectivity index (χ1) is 12.5. The van der Waals surface area contributed by atoms with Crippen LogP contribution < -0.4 is 11.5 Å². The van der Waals surface area contributed by atoms with Crippen molar-refractivity contribution in [1.82, 2.24) is 9.97 Å². The lowest BCUT2D eigenvalue weighted by Gasteiger charge is -2.00. The number of nitrogens with one attached hydrogen (secondary N) is 2. The van der Waals surface area contributed by atoms with Gasteiger partial charge in [0, 0.05) is 5.56 Å². The van der Waals surface area contributed by atoms with Gasteiger partial charge in [-0.25, -0.2) is 9.59 Å². The molecule has 0 aliphatic rings. The number of Topliss-reactive ketones (excluding diaryl/α,β-unsaturated/α-hetero) is 1. The van der Waals surface area contributed by atoms with Crippen LogP contribution in [0.5, 0.6) is 0 Å². The van der Waals surface area contributed by atoms with E-state index in [2.05, 4.69) is 9.97 Å². The van der Waals surface area contributed by atoms with Crippen LogP contribution in [0.15, 0.2) is 60.4 Å². The Morgan fingerprint density at radius 2 is 1.58 bits per heavy atom. The average molecular weight is 347 g/mol. The lowest BCUT2D eigenvalue weighted by Crippen LogP contribution is -2.01. The average Bonchev–Trinajstić information content (AvgIpc) is 3.18. The number of nitrogens with zero attached hydrogens (tertiary/aromatic N) is 1. The summed E-state index contributed by atoms with van der Waals surface area (Å²) in [6.45, 7) is 0. The number of nitriles is 1. The summed E-state index contributed by atoms with van der Waals surface area (Å²) in [4.78, 5) is 40.0. The molecule has 0 fully saturated rings. The van der Waals surface area contributed by atoms with Gasteiger partial charge in [-0.2, -0.15) is 5.26 Å². The smallest absolute Gasteiger partial charge is 0.408 e. The predicted octanol–water partition coefficient (Wildman–Crippen LogP) is 2.35. The Labute approximate surface area is 144 Å². The van der Waals surface area contributed by atoms with E-state index in [1.54, 1.807) is 18.2 Å². The van der Waals surface area contributed by atoms with Gasteiger partial charge < -0.3 is 8.83 Å². The molecule has 26 heavy (non-hydrogen) atoms. The third-order valence-corrected chi connectivity index (χ3v) is 3.80. The third-order valence-electron chi connectivity index (χ3n) is 3.80. The number of hydrogen-bond donors (Lipinski definition) is 2. The molecule has 8 nitrogen and oxygen atoms in total. The maximum Gasteiger partial charge on any atom is 0.417 e. The highest BCUT2D eigenvalue weighted by molar-refractivity contribution is 6.15. The van der Waals surface area contributed by atoms with Crippen LogP contribution in [0.4, 0.5) is 0 Å². The molecule has 2 heterocycles. The second kappa shape index (κ2) is 5.75. The Kier molecular flexibility index (Phi) is 3.41.